The van der Waals surface area contributed by atoms with Crippen LogP contribution in [0.3, 0.4) is 0 Å². The molecule has 19 heavy (non-hydrogen) atoms. The van der Waals surface area contributed by atoms with E-state index < -0.39 is 0 Å². The smallest absolute Gasteiger partial charge is 0.202 e. The third-order valence-corrected chi connectivity index (χ3v) is 4.00. The average molecular weight is 300 g/mol. The summed E-state index contributed by atoms with van der Waals surface area (Å²) in [4.78, 5) is 10.9. The first kappa shape index (κ1) is 16.4. The second-order valence-electron chi connectivity index (χ2n) is 4.64. The SMILES string of the molecule is CCCCCCCCCCSc1nc(N)[nH]c(=S)n1. The molecule has 0 aromatic carbocycles. The van der Waals surface area contributed by atoms with Gasteiger partial charge in [-0.25, -0.2) is 0 Å². The van der Waals surface area contributed by atoms with Crippen LogP contribution in [0.1, 0.15) is 58.3 Å². The fraction of sp³-hybridized carbons (Fsp3) is 0.769. The molecule has 0 unspecified atom stereocenters. The predicted molar refractivity (Wildman–Crippen MR) is 85.0 cm³/mol. The van der Waals surface area contributed by atoms with Crippen LogP contribution in [-0.2, 0) is 0 Å². The molecule has 1 heterocycles. The normalized spacial score (nSPS) is 10.8. The number of hydrogen-bond acceptors (Lipinski definition) is 5. The second kappa shape index (κ2) is 10.2. The Hall–Kier alpha value is -0.620. The van der Waals surface area contributed by atoms with E-state index in [9.17, 15) is 0 Å². The van der Waals surface area contributed by atoms with Crippen molar-refractivity contribution in [2.45, 2.75) is 63.4 Å². The Morgan fingerprint density at radius 1 is 1.05 bits per heavy atom. The van der Waals surface area contributed by atoms with Crippen molar-refractivity contribution in [3.63, 3.8) is 0 Å². The second-order valence-corrected chi connectivity index (χ2v) is 6.09. The molecule has 0 aliphatic heterocycles. The summed E-state index contributed by atoms with van der Waals surface area (Å²) in [5.41, 5.74) is 5.58. The Morgan fingerprint density at radius 2 is 1.68 bits per heavy atom. The fourth-order valence-electron chi connectivity index (χ4n) is 1.84. The third-order valence-electron chi connectivity index (χ3n) is 2.88. The quantitative estimate of drug-likeness (QED) is 0.382. The summed E-state index contributed by atoms with van der Waals surface area (Å²) in [5, 5.41) is 0.684. The molecule has 0 saturated heterocycles. The van der Waals surface area contributed by atoms with Crippen LogP contribution < -0.4 is 5.73 Å². The highest BCUT2D eigenvalue weighted by molar-refractivity contribution is 7.99. The molecule has 0 atom stereocenters. The van der Waals surface area contributed by atoms with Crippen LogP contribution in [0.25, 0.3) is 0 Å². The fourth-order valence-corrected chi connectivity index (χ4v) is 2.94. The molecule has 0 spiro atoms. The van der Waals surface area contributed by atoms with Gasteiger partial charge in [-0.1, -0.05) is 63.6 Å². The van der Waals surface area contributed by atoms with Crippen LogP contribution >= 0.6 is 24.0 Å². The van der Waals surface area contributed by atoms with Gasteiger partial charge < -0.3 is 10.7 Å². The van der Waals surface area contributed by atoms with Crippen molar-refractivity contribution in [1.82, 2.24) is 15.0 Å². The van der Waals surface area contributed by atoms with Gasteiger partial charge in [-0.05, 0) is 18.6 Å². The summed E-state index contributed by atoms with van der Waals surface area (Å²) in [5.74, 6) is 1.38. The van der Waals surface area contributed by atoms with Gasteiger partial charge >= 0.3 is 0 Å². The molecule has 0 fully saturated rings. The van der Waals surface area contributed by atoms with E-state index >= 15 is 0 Å². The summed E-state index contributed by atoms with van der Waals surface area (Å²) in [6, 6.07) is 0. The molecule has 0 aliphatic carbocycles. The molecule has 3 N–H and O–H groups in total. The van der Waals surface area contributed by atoms with E-state index in [0.717, 1.165) is 5.75 Å². The first-order chi connectivity index (χ1) is 9.22. The van der Waals surface area contributed by atoms with Crippen molar-refractivity contribution in [2.24, 2.45) is 0 Å². The lowest BCUT2D eigenvalue weighted by Crippen LogP contribution is -1.99. The van der Waals surface area contributed by atoms with Gasteiger partial charge in [0.25, 0.3) is 0 Å². The summed E-state index contributed by atoms with van der Waals surface area (Å²) < 4.78 is 0.408. The number of nitrogens with one attached hydrogen (secondary N) is 1. The van der Waals surface area contributed by atoms with Gasteiger partial charge in [0.05, 0.1) is 0 Å². The molecule has 1 aromatic heterocycles. The van der Waals surface area contributed by atoms with E-state index in [1.807, 2.05) is 0 Å². The minimum Gasteiger partial charge on any atom is -0.369 e. The third kappa shape index (κ3) is 8.21. The lowest BCUT2D eigenvalue weighted by Gasteiger charge is -2.02. The highest BCUT2D eigenvalue weighted by atomic mass is 32.2. The van der Waals surface area contributed by atoms with Crippen LogP contribution in [-0.4, -0.2) is 20.7 Å². The average Bonchev–Trinajstić information content (AvgIpc) is 2.36. The molecule has 1 rings (SSSR count). The van der Waals surface area contributed by atoms with E-state index in [2.05, 4.69) is 21.9 Å². The van der Waals surface area contributed by atoms with Crippen molar-refractivity contribution >= 4 is 29.9 Å². The molecule has 6 heteroatoms. The maximum atomic E-state index is 5.58. The largest absolute Gasteiger partial charge is 0.369 e. The van der Waals surface area contributed by atoms with Gasteiger partial charge in [-0.15, -0.1) is 0 Å². The molecule has 0 saturated carbocycles. The Kier molecular flexibility index (Phi) is 8.82. The summed E-state index contributed by atoms with van der Waals surface area (Å²) in [6.45, 7) is 2.25. The molecular formula is C13H24N4S2. The maximum Gasteiger partial charge on any atom is 0.202 e. The van der Waals surface area contributed by atoms with Crippen LogP contribution in [0.5, 0.6) is 0 Å². The van der Waals surface area contributed by atoms with Crippen LogP contribution in [0.2, 0.25) is 0 Å². The Balaban J connectivity index is 2.03. The zero-order chi connectivity index (χ0) is 13.9. The summed E-state index contributed by atoms with van der Waals surface area (Å²) in [6.07, 6.45) is 10.7. The molecule has 1 aromatic rings. The molecule has 0 aliphatic rings. The monoisotopic (exact) mass is 300 g/mol. The number of thioether (sulfide) groups is 1. The lowest BCUT2D eigenvalue weighted by molar-refractivity contribution is 0.586. The number of nitrogens with zero attached hydrogens (tertiary/aromatic N) is 2. The van der Waals surface area contributed by atoms with Gasteiger partial charge in [-0.3, -0.25) is 0 Å². The predicted octanol–water partition coefficient (Wildman–Crippen LogP) is 4.35. The highest BCUT2D eigenvalue weighted by Crippen LogP contribution is 2.16. The molecular weight excluding hydrogens is 276 g/mol. The molecule has 0 amide bonds. The number of hydrogen-bond donors (Lipinski definition) is 2. The number of nitrogen functional groups attached to an aromatic ring is 1. The van der Waals surface area contributed by atoms with Gasteiger partial charge in [-0.2, -0.15) is 9.97 Å². The molecule has 0 radical (unpaired) electrons. The first-order valence-electron chi connectivity index (χ1n) is 7.09. The molecule has 4 nitrogen and oxygen atoms in total. The van der Waals surface area contributed by atoms with E-state index in [-0.39, 0.29) is 0 Å². The summed E-state index contributed by atoms with van der Waals surface area (Å²) >= 11 is 6.59. The van der Waals surface area contributed by atoms with Gasteiger partial charge in [0, 0.05) is 5.75 Å². The number of unbranched alkanes of at least 4 members (excludes halogenated alkanes) is 7. The minimum absolute atomic E-state index is 0.346. The van der Waals surface area contributed by atoms with Crippen molar-refractivity contribution in [3.8, 4) is 0 Å². The molecule has 108 valence electrons. The van der Waals surface area contributed by atoms with Gasteiger partial charge in [0.2, 0.25) is 10.7 Å². The van der Waals surface area contributed by atoms with E-state index in [1.165, 1.54) is 51.4 Å². The van der Waals surface area contributed by atoms with Crippen LogP contribution in [0.4, 0.5) is 5.95 Å². The van der Waals surface area contributed by atoms with Crippen molar-refractivity contribution < 1.29 is 0 Å². The lowest BCUT2D eigenvalue weighted by atomic mass is 10.1. The van der Waals surface area contributed by atoms with Crippen molar-refractivity contribution in [3.05, 3.63) is 4.77 Å². The Labute approximate surface area is 125 Å². The Bertz CT molecular complexity index is 406. The highest BCUT2D eigenvalue weighted by Gasteiger charge is 1.99. The minimum atomic E-state index is 0.346. The van der Waals surface area contributed by atoms with Crippen LogP contribution in [0.15, 0.2) is 5.16 Å². The number of nitrogens with two attached hydrogens (primary N) is 1. The number of aromatic amines is 1. The topological polar surface area (TPSA) is 67.6 Å². The number of aromatic nitrogens is 3. The summed E-state index contributed by atoms with van der Waals surface area (Å²) in [7, 11) is 0. The zero-order valence-electron chi connectivity index (χ0n) is 11.7. The van der Waals surface area contributed by atoms with Crippen molar-refractivity contribution in [1.29, 1.82) is 0 Å². The van der Waals surface area contributed by atoms with Crippen molar-refractivity contribution in [2.75, 3.05) is 11.5 Å². The van der Waals surface area contributed by atoms with Gasteiger partial charge in [0.15, 0.2) is 5.16 Å². The Morgan fingerprint density at radius 3 is 2.32 bits per heavy atom. The first-order valence-corrected chi connectivity index (χ1v) is 8.48. The van der Waals surface area contributed by atoms with E-state index in [1.54, 1.807) is 11.8 Å². The maximum absolute atomic E-state index is 5.58. The standard InChI is InChI=1S/C13H24N4S2/c1-2-3-4-5-6-7-8-9-10-19-13-16-11(14)15-12(18)17-13/h2-10H2,1H3,(H3,14,15,16,17,18). The number of H-pyrrole nitrogens is 1. The number of anilines is 1. The van der Waals surface area contributed by atoms with E-state index in [4.69, 9.17) is 18.0 Å². The molecule has 0 bridgehead atoms. The van der Waals surface area contributed by atoms with E-state index in [0.29, 0.717) is 15.9 Å². The zero-order valence-corrected chi connectivity index (χ0v) is 13.3. The van der Waals surface area contributed by atoms with Crippen LogP contribution in [0, 0.1) is 4.77 Å². The van der Waals surface area contributed by atoms with Gasteiger partial charge in [0.1, 0.15) is 0 Å². The number of rotatable bonds is 10.